The third-order valence-corrected chi connectivity index (χ3v) is 11.0. The van der Waals surface area contributed by atoms with Crippen molar-refractivity contribution in [3.05, 3.63) is 206 Å². The largest absolute Gasteiger partial charge is 1.00 e. The van der Waals surface area contributed by atoms with Crippen LogP contribution >= 0.6 is 31.9 Å². The molecule has 1 aliphatic carbocycles. The fourth-order valence-electron chi connectivity index (χ4n) is 5.94. The summed E-state index contributed by atoms with van der Waals surface area (Å²) in [5.74, 6) is 0. The number of benzene rings is 6. The number of hydrogen-bond acceptors (Lipinski definition) is 0. The predicted octanol–water partition coefficient (Wildman–Crippen LogP) is 6.75. The van der Waals surface area contributed by atoms with Gasteiger partial charge in [-0.2, -0.15) is 18.2 Å². The minimum atomic E-state index is 0. The fraction of sp³-hybridized carbons (Fsp3) is 0.0667. The van der Waals surface area contributed by atoms with Crippen LogP contribution in [0.1, 0.15) is 33.4 Å². The van der Waals surface area contributed by atoms with Gasteiger partial charge in [-0.1, -0.05) is 89.0 Å². The first kappa shape index (κ1) is 39.7. The molecule has 0 saturated heterocycles. The van der Waals surface area contributed by atoms with Crippen molar-refractivity contribution in [3.63, 3.8) is 0 Å². The molecule has 0 bridgehead atoms. The molecule has 0 N–H and O–H groups in total. The van der Waals surface area contributed by atoms with E-state index >= 15 is 0 Å². The Bertz CT molecular complexity index is 1990. The molecule has 1 aliphatic rings. The predicted molar refractivity (Wildman–Crippen MR) is 207 cm³/mol. The smallest absolute Gasteiger partial charge is 0.0155 e. The second kappa shape index (κ2) is 19.0. The van der Waals surface area contributed by atoms with Crippen LogP contribution in [-0.2, 0) is 30.7 Å². The van der Waals surface area contributed by atoms with Crippen molar-refractivity contribution in [2.24, 2.45) is 0 Å². The second-order valence-electron chi connectivity index (χ2n) is 11.8. The molecule has 0 fully saturated rings. The zero-order chi connectivity index (χ0) is 33.5. The third-order valence-electron chi connectivity index (χ3n) is 8.50. The van der Waals surface area contributed by atoms with Crippen LogP contribution in [0, 0.1) is 19.9 Å². The molecular formula is C45H34Br2Cl2Zr-2. The molecule has 0 amide bonds. The van der Waals surface area contributed by atoms with E-state index in [-0.39, 0.29) is 24.8 Å². The molecule has 0 spiro atoms. The standard InChI is InChI=1S/C27H21.C13H8Br2.C5H5.2ClH.Zr/c1-18-7-3-5-9-24(18)20-11-13-26-22(15-20)17-23-16-21(12-14-27(23)26)25-10-6-4-8-19(25)2;14-12-5-1-10(2-6-12)9-11-3-7-13(15)8-4-11;1-2-4-5-3-1;;;/h3-15H,17H2,1-2H3;1-8H;1-5H;2*1H;/q-1;;-1;;;+2/p-2. The van der Waals surface area contributed by atoms with Gasteiger partial charge in [-0.15, -0.1) is 29.3 Å². The number of halogens is 4. The van der Waals surface area contributed by atoms with Crippen molar-refractivity contribution >= 4 is 35.1 Å². The van der Waals surface area contributed by atoms with E-state index in [1.807, 2.05) is 30.3 Å². The third kappa shape index (κ3) is 9.84. The minimum absolute atomic E-state index is 0. The molecule has 0 atom stereocenters. The average Bonchev–Trinajstić information content (AvgIpc) is 3.81. The van der Waals surface area contributed by atoms with Gasteiger partial charge in [-0.3, -0.25) is 0 Å². The van der Waals surface area contributed by atoms with Crippen LogP contribution in [0.3, 0.4) is 0 Å². The van der Waals surface area contributed by atoms with Gasteiger partial charge in [0, 0.05) is 0 Å². The Labute approximate surface area is 340 Å². The zero-order valence-electron chi connectivity index (χ0n) is 27.7. The minimum Gasteiger partial charge on any atom is -1.00 e. The molecular weight excluding hydrogens is 862 g/mol. The molecule has 0 heterocycles. The van der Waals surface area contributed by atoms with E-state index in [0.717, 1.165) is 15.4 Å². The first-order valence-electron chi connectivity index (χ1n) is 15.9. The van der Waals surface area contributed by atoms with Crippen LogP contribution in [0.2, 0.25) is 0 Å². The van der Waals surface area contributed by atoms with E-state index in [1.165, 1.54) is 94.2 Å². The molecule has 0 unspecified atom stereocenters. The maximum absolute atomic E-state index is 3.70. The SMILES string of the molecule is Brc1ccc([C](=[Zr+2])c2ccc(Br)cc2)cc1.Cc1ccccc1-c1[c-]c2c(cc1)-c1ccc(-c3ccccc3C)cc1C2.[Cl-].[Cl-].c1cc[cH-]c1. The number of hydrogen-bond donors (Lipinski definition) is 0. The van der Waals surface area contributed by atoms with Crippen LogP contribution in [-0.4, -0.2) is 3.21 Å². The van der Waals surface area contributed by atoms with Crippen molar-refractivity contribution in [2.75, 3.05) is 0 Å². The van der Waals surface area contributed by atoms with Crippen LogP contribution in [0.25, 0.3) is 33.4 Å². The summed E-state index contributed by atoms with van der Waals surface area (Å²) in [6, 6.07) is 59.2. The van der Waals surface area contributed by atoms with Crippen LogP contribution in [0.15, 0.2) is 167 Å². The van der Waals surface area contributed by atoms with Gasteiger partial charge >= 0.3 is 128 Å². The van der Waals surface area contributed by atoms with Gasteiger partial charge in [0.1, 0.15) is 0 Å². The Morgan fingerprint density at radius 3 is 1.62 bits per heavy atom. The van der Waals surface area contributed by atoms with Crippen molar-refractivity contribution in [1.82, 2.24) is 0 Å². The summed E-state index contributed by atoms with van der Waals surface area (Å²) in [6.45, 7) is 4.35. The normalized spacial score (nSPS) is 10.5. The van der Waals surface area contributed by atoms with Crippen molar-refractivity contribution < 1.29 is 49.0 Å². The summed E-state index contributed by atoms with van der Waals surface area (Å²) in [4.78, 5) is 0. The van der Waals surface area contributed by atoms with Gasteiger partial charge in [0.05, 0.1) is 0 Å². The first-order chi connectivity index (χ1) is 23.4. The molecule has 5 heteroatoms. The molecule has 0 saturated carbocycles. The molecule has 7 aromatic rings. The Morgan fingerprint density at radius 2 is 1.10 bits per heavy atom. The molecule has 0 radical (unpaired) electrons. The van der Waals surface area contributed by atoms with Crippen molar-refractivity contribution in [2.45, 2.75) is 20.3 Å². The summed E-state index contributed by atoms with van der Waals surface area (Å²) >= 11 is 8.34. The maximum atomic E-state index is 3.70. The van der Waals surface area contributed by atoms with Gasteiger partial charge in [0.2, 0.25) is 0 Å². The van der Waals surface area contributed by atoms with Crippen molar-refractivity contribution in [1.29, 1.82) is 0 Å². The van der Waals surface area contributed by atoms with Gasteiger partial charge in [0.25, 0.3) is 0 Å². The Kier molecular flexibility index (Phi) is 15.1. The molecule has 7 aromatic carbocycles. The summed E-state index contributed by atoms with van der Waals surface area (Å²) in [7, 11) is 0. The average molecular weight is 897 g/mol. The summed E-state index contributed by atoms with van der Waals surface area (Å²) in [6.07, 6.45) is 0.962. The topological polar surface area (TPSA) is 0 Å². The van der Waals surface area contributed by atoms with Gasteiger partial charge < -0.3 is 24.8 Å². The second-order valence-corrected chi connectivity index (χ2v) is 14.9. The van der Waals surface area contributed by atoms with Gasteiger partial charge in [-0.05, 0) is 42.5 Å². The zero-order valence-corrected chi connectivity index (χ0v) is 34.9. The van der Waals surface area contributed by atoms with Crippen LogP contribution in [0.5, 0.6) is 0 Å². The molecule has 0 aromatic heterocycles. The summed E-state index contributed by atoms with van der Waals surface area (Å²) in [5, 5.41) is 0. The first-order valence-corrected chi connectivity index (χ1v) is 18.8. The Morgan fingerprint density at radius 1 is 0.580 bits per heavy atom. The van der Waals surface area contributed by atoms with E-state index in [2.05, 4.69) is 179 Å². The number of fused-ring (bicyclic) bond motifs is 3. The monoisotopic (exact) mass is 892 g/mol. The van der Waals surface area contributed by atoms with E-state index < -0.39 is 0 Å². The fourth-order valence-corrected chi connectivity index (χ4v) is 7.29. The summed E-state index contributed by atoms with van der Waals surface area (Å²) < 4.78 is 3.62. The number of aryl methyl sites for hydroxylation is 2. The maximum Gasteiger partial charge on any atom is -0.0155 e. The van der Waals surface area contributed by atoms with Crippen molar-refractivity contribution in [3.8, 4) is 33.4 Å². The van der Waals surface area contributed by atoms with Crippen LogP contribution < -0.4 is 24.8 Å². The molecule has 248 valence electrons. The van der Waals surface area contributed by atoms with Gasteiger partial charge in [-0.25, -0.2) is 12.1 Å². The van der Waals surface area contributed by atoms with E-state index in [9.17, 15) is 0 Å². The summed E-state index contributed by atoms with van der Waals surface area (Å²) in [5.41, 5.74) is 15.7. The Hall–Kier alpha value is -3.04. The molecule has 0 nitrogen and oxygen atoms in total. The molecule has 8 rings (SSSR count). The molecule has 0 aliphatic heterocycles. The van der Waals surface area contributed by atoms with Crippen LogP contribution in [0.4, 0.5) is 0 Å². The van der Waals surface area contributed by atoms with E-state index in [1.54, 1.807) is 0 Å². The molecule has 50 heavy (non-hydrogen) atoms. The van der Waals surface area contributed by atoms with E-state index in [0.29, 0.717) is 0 Å². The quantitative estimate of drug-likeness (QED) is 0.172. The van der Waals surface area contributed by atoms with E-state index in [4.69, 9.17) is 0 Å². The number of rotatable bonds is 4. The Balaban J connectivity index is 0.000000208. The van der Waals surface area contributed by atoms with Gasteiger partial charge in [0.15, 0.2) is 0 Å².